The number of nitrogens with zero attached hydrogens (tertiary/aromatic N) is 3. The number of hydrogen-bond acceptors (Lipinski definition) is 6. The lowest BCUT2D eigenvalue weighted by molar-refractivity contribution is 0.101. The molecule has 3 aromatic rings. The summed E-state index contributed by atoms with van der Waals surface area (Å²) in [6.45, 7) is 0.176. The Morgan fingerprint density at radius 3 is 2.26 bits per heavy atom. The summed E-state index contributed by atoms with van der Waals surface area (Å²) in [6.07, 6.45) is 0.630. The second-order valence-corrected chi connectivity index (χ2v) is 5.76. The van der Waals surface area contributed by atoms with Gasteiger partial charge in [0.25, 0.3) is 5.91 Å². The van der Waals surface area contributed by atoms with Crippen molar-refractivity contribution >= 4 is 11.6 Å². The number of nitrogens with one attached hydrogen (secondary N) is 1. The monoisotopic (exact) mass is 368 g/mol. The van der Waals surface area contributed by atoms with Gasteiger partial charge in [-0.15, -0.1) is 5.10 Å². The molecule has 3 rings (SSSR count). The summed E-state index contributed by atoms with van der Waals surface area (Å²) >= 11 is 0. The Bertz CT molecular complexity index is 891. The largest absolute Gasteiger partial charge is 0.497 e. The standard InChI is InChI=1S/C19H20N4O4/c1-26-15-7-3-13(4-8-15)17(24)11-23-12-20-18(22-23)19(25)21-14-5-9-16(27-2)10-6-14/h3-10,12,17,24H,11H2,1-2H3,(H,21,25). The van der Waals surface area contributed by atoms with Crippen molar-refractivity contribution in [2.45, 2.75) is 12.6 Å². The van der Waals surface area contributed by atoms with Crippen LogP contribution in [0.1, 0.15) is 22.3 Å². The molecule has 8 nitrogen and oxygen atoms in total. The minimum absolute atomic E-state index is 0.0211. The van der Waals surface area contributed by atoms with Crippen LogP contribution in [0.2, 0.25) is 0 Å². The zero-order valence-electron chi connectivity index (χ0n) is 15.0. The van der Waals surface area contributed by atoms with Crippen LogP contribution in [0, 0.1) is 0 Å². The molecule has 0 saturated carbocycles. The van der Waals surface area contributed by atoms with Crippen molar-refractivity contribution < 1.29 is 19.4 Å². The number of aliphatic hydroxyl groups is 1. The van der Waals surface area contributed by atoms with Gasteiger partial charge in [-0.25, -0.2) is 9.67 Å². The van der Waals surface area contributed by atoms with E-state index in [1.807, 2.05) is 0 Å². The summed E-state index contributed by atoms with van der Waals surface area (Å²) in [5.74, 6) is 0.998. The number of benzene rings is 2. The Morgan fingerprint density at radius 2 is 1.67 bits per heavy atom. The van der Waals surface area contributed by atoms with E-state index in [0.717, 1.165) is 5.56 Å². The first-order chi connectivity index (χ1) is 13.1. The third kappa shape index (κ3) is 4.62. The summed E-state index contributed by atoms with van der Waals surface area (Å²) in [5, 5.41) is 17.2. The van der Waals surface area contributed by atoms with Gasteiger partial charge in [0.15, 0.2) is 0 Å². The average molecular weight is 368 g/mol. The maximum Gasteiger partial charge on any atom is 0.295 e. The van der Waals surface area contributed by atoms with E-state index in [2.05, 4.69) is 15.4 Å². The Labute approximate surface area is 156 Å². The highest BCUT2D eigenvalue weighted by Crippen LogP contribution is 2.19. The van der Waals surface area contributed by atoms with E-state index in [0.29, 0.717) is 17.2 Å². The van der Waals surface area contributed by atoms with Crippen LogP contribution < -0.4 is 14.8 Å². The van der Waals surface area contributed by atoms with Crippen LogP contribution in [-0.2, 0) is 6.54 Å². The van der Waals surface area contributed by atoms with Crippen molar-refractivity contribution in [1.82, 2.24) is 14.8 Å². The predicted octanol–water partition coefficient (Wildman–Crippen LogP) is 2.28. The maximum absolute atomic E-state index is 12.3. The predicted molar refractivity (Wildman–Crippen MR) is 98.9 cm³/mol. The van der Waals surface area contributed by atoms with Crippen LogP contribution >= 0.6 is 0 Å². The zero-order valence-corrected chi connectivity index (χ0v) is 15.0. The lowest BCUT2D eigenvalue weighted by Gasteiger charge is -2.11. The van der Waals surface area contributed by atoms with Crippen LogP contribution in [0.4, 0.5) is 5.69 Å². The first-order valence-electron chi connectivity index (χ1n) is 8.26. The second-order valence-electron chi connectivity index (χ2n) is 5.76. The fourth-order valence-electron chi connectivity index (χ4n) is 2.46. The molecule has 1 unspecified atom stereocenters. The third-order valence-corrected chi connectivity index (χ3v) is 3.95. The summed E-state index contributed by atoms with van der Waals surface area (Å²) in [5.41, 5.74) is 1.32. The molecule has 0 fully saturated rings. The molecule has 1 heterocycles. The van der Waals surface area contributed by atoms with E-state index in [1.54, 1.807) is 62.8 Å². The van der Waals surface area contributed by atoms with Gasteiger partial charge in [0.1, 0.15) is 17.8 Å². The SMILES string of the molecule is COc1ccc(NC(=O)c2ncn(CC(O)c3ccc(OC)cc3)n2)cc1. The van der Waals surface area contributed by atoms with Gasteiger partial charge in [-0.2, -0.15) is 0 Å². The Hall–Kier alpha value is -3.39. The Morgan fingerprint density at radius 1 is 1.07 bits per heavy atom. The number of amides is 1. The quantitative estimate of drug-likeness (QED) is 0.664. The highest BCUT2D eigenvalue weighted by molar-refractivity contribution is 6.01. The molecule has 140 valence electrons. The fraction of sp³-hybridized carbons (Fsp3) is 0.211. The number of carbonyl (C=O) groups excluding carboxylic acids is 1. The molecule has 0 aliphatic carbocycles. The van der Waals surface area contributed by atoms with Crippen molar-refractivity contribution in [3.63, 3.8) is 0 Å². The van der Waals surface area contributed by atoms with E-state index in [4.69, 9.17) is 9.47 Å². The van der Waals surface area contributed by atoms with Gasteiger partial charge in [0.2, 0.25) is 5.82 Å². The Kier molecular flexibility index (Phi) is 5.68. The molecule has 1 aromatic heterocycles. The molecule has 8 heteroatoms. The molecule has 0 aliphatic rings. The van der Waals surface area contributed by atoms with E-state index in [1.165, 1.54) is 11.0 Å². The topological polar surface area (TPSA) is 98.5 Å². The number of rotatable bonds is 7. The van der Waals surface area contributed by atoms with Crippen LogP contribution in [0.3, 0.4) is 0 Å². The summed E-state index contributed by atoms with van der Waals surface area (Å²) < 4.78 is 11.6. The lowest BCUT2D eigenvalue weighted by Crippen LogP contribution is -2.15. The fourth-order valence-corrected chi connectivity index (χ4v) is 2.46. The van der Waals surface area contributed by atoms with Gasteiger partial charge in [-0.1, -0.05) is 12.1 Å². The van der Waals surface area contributed by atoms with Gasteiger partial charge >= 0.3 is 0 Å². The molecule has 0 radical (unpaired) electrons. The minimum atomic E-state index is -0.782. The number of aromatic nitrogens is 3. The minimum Gasteiger partial charge on any atom is -0.497 e. The first-order valence-corrected chi connectivity index (χ1v) is 8.26. The van der Waals surface area contributed by atoms with Crippen LogP contribution in [-0.4, -0.2) is 40.0 Å². The van der Waals surface area contributed by atoms with Gasteiger partial charge in [0.05, 0.1) is 26.9 Å². The molecule has 0 aliphatic heterocycles. The average Bonchev–Trinajstić information content (AvgIpc) is 3.17. The number of hydrogen-bond donors (Lipinski definition) is 2. The molecule has 1 atom stereocenters. The summed E-state index contributed by atoms with van der Waals surface area (Å²) in [7, 11) is 3.16. The van der Waals surface area contributed by atoms with Crippen molar-refractivity contribution in [3.05, 3.63) is 66.2 Å². The number of carbonyl (C=O) groups is 1. The second kappa shape index (κ2) is 8.33. The molecule has 0 saturated heterocycles. The number of anilines is 1. The highest BCUT2D eigenvalue weighted by atomic mass is 16.5. The van der Waals surface area contributed by atoms with Crippen molar-refractivity contribution in [1.29, 1.82) is 0 Å². The van der Waals surface area contributed by atoms with Gasteiger partial charge in [-0.05, 0) is 42.0 Å². The van der Waals surface area contributed by atoms with Gasteiger partial charge in [0, 0.05) is 5.69 Å². The van der Waals surface area contributed by atoms with Crippen molar-refractivity contribution in [2.24, 2.45) is 0 Å². The molecule has 2 aromatic carbocycles. The molecular weight excluding hydrogens is 348 g/mol. The first kappa shape index (κ1) is 18.4. The molecule has 2 N–H and O–H groups in total. The third-order valence-electron chi connectivity index (χ3n) is 3.95. The zero-order chi connectivity index (χ0) is 19.2. The van der Waals surface area contributed by atoms with E-state index in [9.17, 15) is 9.90 Å². The van der Waals surface area contributed by atoms with E-state index < -0.39 is 12.0 Å². The van der Waals surface area contributed by atoms with E-state index >= 15 is 0 Å². The molecule has 0 bridgehead atoms. The summed E-state index contributed by atoms with van der Waals surface area (Å²) in [4.78, 5) is 16.3. The van der Waals surface area contributed by atoms with Crippen LogP contribution in [0.15, 0.2) is 54.9 Å². The van der Waals surface area contributed by atoms with Crippen molar-refractivity contribution in [3.8, 4) is 11.5 Å². The molecule has 1 amide bonds. The lowest BCUT2D eigenvalue weighted by atomic mass is 10.1. The molecule has 0 spiro atoms. The normalized spacial score (nSPS) is 11.7. The molecule has 27 heavy (non-hydrogen) atoms. The number of methoxy groups -OCH3 is 2. The van der Waals surface area contributed by atoms with E-state index in [-0.39, 0.29) is 12.4 Å². The Balaban J connectivity index is 1.61. The maximum atomic E-state index is 12.3. The van der Waals surface area contributed by atoms with Crippen LogP contribution in [0.25, 0.3) is 0 Å². The van der Waals surface area contributed by atoms with Gasteiger partial charge in [-0.3, -0.25) is 4.79 Å². The van der Waals surface area contributed by atoms with Gasteiger partial charge < -0.3 is 19.9 Å². The van der Waals surface area contributed by atoms with Crippen molar-refractivity contribution in [2.75, 3.05) is 19.5 Å². The highest BCUT2D eigenvalue weighted by Gasteiger charge is 2.14. The molecular formula is C19H20N4O4. The number of ether oxygens (including phenoxy) is 2. The summed E-state index contributed by atoms with van der Waals surface area (Å²) in [6, 6.07) is 14.0. The number of aliphatic hydroxyl groups excluding tert-OH is 1. The van der Waals surface area contributed by atoms with Crippen LogP contribution in [0.5, 0.6) is 11.5 Å². The smallest absolute Gasteiger partial charge is 0.295 e.